The summed E-state index contributed by atoms with van der Waals surface area (Å²) in [6.07, 6.45) is 1.49. The van der Waals surface area contributed by atoms with Gasteiger partial charge in [0.05, 0.1) is 13.2 Å². The zero-order valence-electron chi connectivity index (χ0n) is 19.6. The first-order chi connectivity index (χ1) is 16.9. The summed E-state index contributed by atoms with van der Waals surface area (Å²) in [6.45, 7) is 1.49. The van der Waals surface area contributed by atoms with Crippen LogP contribution in [0.4, 0.5) is 10.5 Å². The van der Waals surface area contributed by atoms with Gasteiger partial charge in [-0.25, -0.2) is 4.79 Å². The number of fused-ring (bicyclic) bond motifs is 1. The first-order valence-electron chi connectivity index (χ1n) is 11.7. The van der Waals surface area contributed by atoms with Gasteiger partial charge in [0, 0.05) is 48.8 Å². The smallest absolute Gasteiger partial charge is 0.319 e. The Morgan fingerprint density at radius 3 is 2.74 bits per heavy atom. The number of carbonyl (C=O) groups is 3. The first-order valence-corrected chi connectivity index (χ1v) is 12.0. The van der Waals surface area contributed by atoms with E-state index in [4.69, 9.17) is 16.3 Å². The number of carbonyl (C=O) groups excluding carboxylic acids is 3. The van der Waals surface area contributed by atoms with Crippen LogP contribution in [0.5, 0.6) is 5.75 Å². The molecule has 9 nitrogen and oxygen atoms in total. The van der Waals surface area contributed by atoms with Crippen LogP contribution >= 0.6 is 11.6 Å². The summed E-state index contributed by atoms with van der Waals surface area (Å²) in [7, 11) is 1.61. The molecule has 4 N–H and O–H groups in total. The third-order valence-corrected chi connectivity index (χ3v) is 6.63. The zero-order valence-corrected chi connectivity index (χ0v) is 20.3. The Labute approximate surface area is 209 Å². The lowest BCUT2D eigenvalue weighted by atomic mass is 10.0. The number of rotatable bonds is 8. The minimum absolute atomic E-state index is 0.0345. The van der Waals surface area contributed by atoms with Crippen LogP contribution < -0.4 is 26.0 Å². The van der Waals surface area contributed by atoms with Crippen molar-refractivity contribution < 1.29 is 19.1 Å². The Kier molecular flexibility index (Phi) is 8.09. The summed E-state index contributed by atoms with van der Waals surface area (Å²) >= 11 is 5.97. The van der Waals surface area contributed by atoms with E-state index in [1.165, 1.54) is 0 Å². The molecule has 10 heteroatoms. The highest BCUT2D eigenvalue weighted by molar-refractivity contribution is 6.30. The number of benzene rings is 2. The van der Waals surface area contributed by atoms with E-state index in [2.05, 4.69) is 26.2 Å². The fraction of sp³-hybridized carbons (Fsp3) is 0.400. The molecule has 0 bridgehead atoms. The molecule has 2 aliphatic heterocycles. The van der Waals surface area contributed by atoms with Gasteiger partial charge in [-0.1, -0.05) is 29.8 Å². The van der Waals surface area contributed by atoms with E-state index >= 15 is 0 Å². The topological polar surface area (TPSA) is 112 Å². The van der Waals surface area contributed by atoms with E-state index in [1.807, 2.05) is 24.3 Å². The number of urea groups is 1. The average molecular weight is 500 g/mol. The second-order valence-corrected chi connectivity index (χ2v) is 9.25. The molecule has 2 aromatic rings. The summed E-state index contributed by atoms with van der Waals surface area (Å²) in [6, 6.07) is 13.7. The van der Waals surface area contributed by atoms with Gasteiger partial charge in [0.15, 0.2) is 0 Å². The van der Waals surface area contributed by atoms with Crippen LogP contribution in [0.25, 0.3) is 0 Å². The highest BCUT2D eigenvalue weighted by atomic mass is 35.5. The van der Waals surface area contributed by atoms with Gasteiger partial charge in [-0.2, -0.15) is 0 Å². The van der Waals surface area contributed by atoms with E-state index in [0.717, 1.165) is 11.3 Å². The van der Waals surface area contributed by atoms with Crippen LogP contribution in [0, 0.1) is 0 Å². The Morgan fingerprint density at radius 1 is 1.20 bits per heavy atom. The fourth-order valence-electron chi connectivity index (χ4n) is 4.60. The Balaban J connectivity index is 1.25. The molecule has 0 radical (unpaired) electrons. The molecule has 0 unspecified atom stereocenters. The average Bonchev–Trinajstić information content (AvgIpc) is 3.27. The van der Waals surface area contributed by atoms with Gasteiger partial charge in [0.25, 0.3) is 0 Å². The number of nitrogens with zero attached hydrogens (tertiary/aromatic N) is 1. The molecule has 186 valence electrons. The fourth-order valence-corrected chi connectivity index (χ4v) is 4.79. The van der Waals surface area contributed by atoms with Crippen LogP contribution in [0.1, 0.15) is 24.8 Å². The van der Waals surface area contributed by atoms with Crippen LogP contribution in [-0.4, -0.2) is 61.1 Å². The number of piperazine rings is 1. The van der Waals surface area contributed by atoms with Gasteiger partial charge in [0.1, 0.15) is 5.75 Å². The maximum absolute atomic E-state index is 12.4. The highest BCUT2D eigenvalue weighted by Gasteiger charge is 2.43. The van der Waals surface area contributed by atoms with Crippen LogP contribution in [0.3, 0.4) is 0 Å². The number of anilines is 1. The Hall–Kier alpha value is -3.30. The standard InChI is InChI=1S/C25H30ClN5O4/c1-35-21-8-5-16(6-9-21)13-27-23(32)10-7-20-14-28-24(33)22-12-19(15-31(20)22)30-25(34)29-18-4-2-3-17(26)11-18/h2-6,8-9,11,19-20,22H,7,10,12-15H2,1H3,(H,27,32)(H,28,33)(H2,29,30,34)/t19-,20+,22-/m0/s1. The van der Waals surface area contributed by atoms with Crippen molar-refractivity contribution in [3.8, 4) is 5.75 Å². The van der Waals surface area contributed by atoms with Gasteiger partial charge in [-0.15, -0.1) is 0 Å². The van der Waals surface area contributed by atoms with Gasteiger partial charge in [-0.05, 0) is 48.7 Å². The molecule has 35 heavy (non-hydrogen) atoms. The van der Waals surface area contributed by atoms with Crippen molar-refractivity contribution in [2.45, 2.75) is 43.9 Å². The molecule has 3 atom stereocenters. The number of amides is 4. The number of hydrogen-bond acceptors (Lipinski definition) is 5. The molecule has 2 aliphatic rings. The summed E-state index contributed by atoms with van der Waals surface area (Å²) in [5.74, 6) is 0.697. The van der Waals surface area contributed by atoms with Crippen molar-refractivity contribution in [3.63, 3.8) is 0 Å². The molecule has 0 spiro atoms. The number of halogens is 1. The van der Waals surface area contributed by atoms with Gasteiger partial charge in [-0.3, -0.25) is 14.5 Å². The van der Waals surface area contributed by atoms with Crippen molar-refractivity contribution in [3.05, 3.63) is 59.1 Å². The minimum atomic E-state index is -0.341. The van der Waals surface area contributed by atoms with Crippen molar-refractivity contribution in [2.24, 2.45) is 0 Å². The normalized spacial score (nSPS) is 21.5. The SMILES string of the molecule is COc1ccc(CNC(=O)CC[C@@H]2CNC(=O)[C@@H]3C[C@H](NC(=O)Nc4cccc(Cl)c4)CN23)cc1. The number of hydrogen-bond donors (Lipinski definition) is 4. The summed E-state index contributed by atoms with van der Waals surface area (Å²) in [5.41, 5.74) is 1.59. The molecule has 0 saturated carbocycles. The second-order valence-electron chi connectivity index (χ2n) is 8.82. The first kappa shape index (κ1) is 24.8. The molecule has 2 saturated heterocycles. The number of methoxy groups -OCH3 is 1. The molecule has 4 amide bonds. The van der Waals surface area contributed by atoms with Crippen LogP contribution in [0.2, 0.25) is 5.02 Å². The van der Waals surface area contributed by atoms with Gasteiger partial charge < -0.3 is 26.0 Å². The monoisotopic (exact) mass is 499 g/mol. The second kappa shape index (κ2) is 11.4. The van der Waals surface area contributed by atoms with E-state index in [9.17, 15) is 14.4 Å². The van der Waals surface area contributed by atoms with Crippen molar-refractivity contribution in [2.75, 3.05) is 25.5 Å². The zero-order chi connectivity index (χ0) is 24.8. The van der Waals surface area contributed by atoms with Gasteiger partial charge in [0.2, 0.25) is 11.8 Å². The van der Waals surface area contributed by atoms with E-state index in [-0.39, 0.29) is 36.0 Å². The van der Waals surface area contributed by atoms with Crippen LogP contribution in [-0.2, 0) is 16.1 Å². The molecule has 0 aliphatic carbocycles. The summed E-state index contributed by atoms with van der Waals surface area (Å²) in [4.78, 5) is 39.4. The van der Waals surface area contributed by atoms with Crippen molar-refractivity contribution >= 4 is 35.1 Å². The summed E-state index contributed by atoms with van der Waals surface area (Å²) < 4.78 is 5.15. The molecule has 2 fully saturated rings. The molecule has 2 aromatic carbocycles. The Bertz CT molecular complexity index is 1060. The predicted octanol–water partition coefficient (Wildman–Crippen LogP) is 2.51. The largest absolute Gasteiger partial charge is 0.497 e. The Morgan fingerprint density at radius 2 is 2.00 bits per heavy atom. The number of ether oxygens (including phenoxy) is 1. The molecule has 4 rings (SSSR count). The maximum Gasteiger partial charge on any atom is 0.319 e. The third kappa shape index (κ3) is 6.64. The van der Waals surface area contributed by atoms with E-state index < -0.39 is 0 Å². The predicted molar refractivity (Wildman–Crippen MR) is 133 cm³/mol. The molecular weight excluding hydrogens is 470 g/mol. The van der Waals surface area contributed by atoms with Crippen LogP contribution in [0.15, 0.2) is 48.5 Å². The van der Waals surface area contributed by atoms with Crippen molar-refractivity contribution in [1.29, 1.82) is 0 Å². The molecular formula is C25H30ClN5O4. The molecule has 0 aromatic heterocycles. The lowest BCUT2D eigenvalue weighted by Crippen LogP contribution is -2.58. The minimum Gasteiger partial charge on any atom is -0.497 e. The summed E-state index contributed by atoms with van der Waals surface area (Å²) in [5, 5.41) is 12.2. The lowest BCUT2D eigenvalue weighted by molar-refractivity contribution is -0.129. The highest BCUT2D eigenvalue weighted by Crippen LogP contribution is 2.26. The maximum atomic E-state index is 12.4. The third-order valence-electron chi connectivity index (χ3n) is 6.39. The number of nitrogens with one attached hydrogen (secondary N) is 4. The quantitative estimate of drug-likeness (QED) is 0.446. The molecule has 2 heterocycles. The van der Waals surface area contributed by atoms with Crippen molar-refractivity contribution in [1.82, 2.24) is 20.9 Å². The van der Waals surface area contributed by atoms with E-state index in [0.29, 0.717) is 49.6 Å². The lowest BCUT2D eigenvalue weighted by Gasteiger charge is -2.37. The van der Waals surface area contributed by atoms with Gasteiger partial charge >= 0.3 is 6.03 Å². The van der Waals surface area contributed by atoms with E-state index in [1.54, 1.807) is 31.4 Å².